The van der Waals surface area contributed by atoms with Gasteiger partial charge in [-0.3, -0.25) is 19.2 Å². The van der Waals surface area contributed by atoms with Crippen LogP contribution in [-0.2, 0) is 14.4 Å². The predicted molar refractivity (Wildman–Crippen MR) is 192 cm³/mol. The molecule has 9 nitrogen and oxygen atoms in total. The van der Waals surface area contributed by atoms with Crippen LogP contribution in [0.1, 0.15) is 22.3 Å². The molecule has 1 heterocycles. The Labute approximate surface area is 295 Å². The van der Waals surface area contributed by atoms with E-state index in [2.05, 4.69) is 20.9 Å². The van der Waals surface area contributed by atoms with Gasteiger partial charge in [0.2, 0.25) is 11.8 Å². The minimum Gasteiger partial charge on any atom is -0.321 e. The third-order valence-electron chi connectivity index (χ3n) is 7.46. The number of anilines is 2. The Morgan fingerprint density at radius 1 is 0.800 bits per heavy atom. The summed E-state index contributed by atoms with van der Waals surface area (Å²) in [7, 11) is 0. The molecule has 5 aromatic carbocycles. The molecule has 6 rings (SSSR count). The van der Waals surface area contributed by atoms with Crippen molar-refractivity contribution in [3.8, 4) is 0 Å². The van der Waals surface area contributed by atoms with Gasteiger partial charge in [0.25, 0.3) is 11.8 Å². The number of thioether (sulfide) groups is 1. The van der Waals surface area contributed by atoms with E-state index in [1.54, 1.807) is 78.9 Å². The largest absolute Gasteiger partial charge is 0.321 e. The van der Waals surface area contributed by atoms with Crippen LogP contribution in [-0.4, -0.2) is 28.9 Å². The second-order valence-corrected chi connectivity index (χ2v) is 12.6. The molecule has 0 saturated carbocycles. The van der Waals surface area contributed by atoms with Crippen LogP contribution in [0, 0.1) is 5.82 Å². The van der Waals surface area contributed by atoms with Crippen LogP contribution in [0.4, 0.5) is 27.1 Å². The Morgan fingerprint density at radius 3 is 2.10 bits per heavy atom. The van der Waals surface area contributed by atoms with Crippen molar-refractivity contribution in [3.63, 3.8) is 0 Å². The number of rotatable bonds is 10. The molecule has 2 N–H and O–H groups in total. The minimum atomic E-state index is -0.714. The molecular weight excluding hydrogens is 677 g/mol. The Bertz CT molecular complexity index is 2090. The van der Waals surface area contributed by atoms with E-state index in [0.717, 1.165) is 0 Å². The summed E-state index contributed by atoms with van der Waals surface area (Å²) in [5.74, 6) is -2.61. The van der Waals surface area contributed by atoms with Gasteiger partial charge in [0.15, 0.2) is 0 Å². The lowest BCUT2D eigenvalue weighted by atomic mass is 10.1. The quantitative estimate of drug-likeness (QED) is 0.0856. The highest BCUT2D eigenvalue weighted by atomic mass is 35.5. The van der Waals surface area contributed by atoms with E-state index in [1.165, 1.54) is 40.9 Å². The molecule has 248 valence electrons. The molecule has 4 amide bonds. The van der Waals surface area contributed by atoms with Gasteiger partial charge in [0, 0.05) is 28.1 Å². The van der Waals surface area contributed by atoms with Crippen molar-refractivity contribution >= 4 is 75.8 Å². The van der Waals surface area contributed by atoms with Crippen molar-refractivity contribution in [1.82, 2.24) is 5.32 Å². The summed E-state index contributed by atoms with van der Waals surface area (Å²) in [5, 5.41) is 13.1. The average molecular weight is 704 g/mol. The predicted octanol–water partition coefficient (Wildman–Crippen LogP) is 8.73. The molecule has 1 atom stereocenters. The first-order valence-corrected chi connectivity index (χ1v) is 16.5. The fraction of sp³-hybridized carbons (Fsp3) is 0.0526. The number of nitrogens with zero attached hydrogens (tertiary/aromatic N) is 3. The first kappa shape index (κ1) is 34.0. The summed E-state index contributed by atoms with van der Waals surface area (Å²) < 4.78 is 14.6. The van der Waals surface area contributed by atoms with Crippen molar-refractivity contribution in [2.75, 3.05) is 10.2 Å². The van der Waals surface area contributed by atoms with Gasteiger partial charge in [0.05, 0.1) is 27.3 Å². The molecule has 12 heteroatoms. The SMILES string of the molecule is O=C(Nc1ccc(SC2CC(=O)N(c3ccc(N=Nc4ccccc4)cc3)C2=O)cc1)/C(=C/c1c(F)cccc1Cl)NC(=O)c1ccccc1. The van der Waals surface area contributed by atoms with Crippen LogP contribution in [0.25, 0.3) is 6.08 Å². The highest BCUT2D eigenvalue weighted by molar-refractivity contribution is 8.00. The summed E-state index contributed by atoms with van der Waals surface area (Å²) in [6, 6.07) is 35.0. The van der Waals surface area contributed by atoms with E-state index < -0.39 is 22.9 Å². The summed E-state index contributed by atoms with van der Waals surface area (Å²) in [6.07, 6.45) is 1.19. The third-order valence-corrected chi connectivity index (χ3v) is 8.98. The van der Waals surface area contributed by atoms with Crippen molar-refractivity contribution in [1.29, 1.82) is 0 Å². The molecule has 0 aliphatic carbocycles. The van der Waals surface area contributed by atoms with Crippen LogP contribution < -0.4 is 15.5 Å². The van der Waals surface area contributed by atoms with Crippen molar-refractivity contribution < 1.29 is 23.6 Å². The Kier molecular flexibility index (Phi) is 10.6. The second-order valence-electron chi connectivity index (χ2n) is 10.9. The molecule has 1 saturated heterocycles. The first-order chi connectivity index (χ1) is 24.2. The molecular formula is C38H27ClFN5O4S. The van der Waals surface area contributed by atoms with Crippen LogP contribution in [0.2, 0.25) is 5.02 Å². The van der Waals surface area contributed by atoms with Gasteiger partial charge in [-0.1, -0.05) is 54.1 Å². The molecule has 0 radical (unpaired) electrons. The zero-order chi connectivity index (χ0) is 35.0. The molecule has 0 bridgehead atoms. The second kappa shape index (κ2) is 15.5. The number of hydrogen-bond acceptors (Lipinski definition) is 7. The van der Waals surface area contributed by atoms with Gasteiger partial charge >= 0.3 is 0 Å². The average Bonchev–Trinajstić information content (AvgIpc) is 3.41. The lowest BCUT2D eigenvalue weighted by molar-refractivity contribution is -0.121. The number of benzene rings is 5. The maximum atomic E-state index is 14.6. The maximum Gasteiger partial charge on any atom is 0.272 e. The van der Waals surface area contributed by atoms with E-state index in [0.29, 0.717) is 33.2 Å². The van der Waals surface area contributed by atoms with E-state index >= 15 is 0 Å². The molecule has 0 spiro atoms. The smallest absolute Gasteiger partial charge is 0.272 e. The van der Waals surface area contributed by atoms with Gasteiger partial charge in [-0.2, -0.15) is 10.2 Å². The third kappa shape index (κ3) is 8.20. The minimum absolute atomic E-state index is 0.0192. The first-order valence-electron chi connectivity index (χ1n) is 15.3. The number of carbonyl (C=O) groups is 4. The molecule has 1 fully saturated rings. The van der Waals surface area contributed by atoms with Crippen LogP contribution >= 0.6 is 23.4 Å². The van der Waals surface area contributed by atoms with Gasteiger partial charge in [-0.05, 0) is 91.0 Å². The Hall–Kier alpha value is -5.91. The zero-order valence-corrected chi connectivity index (χ0v) is 27.7. The highest BCUT2D eigenvalue weighted by Gasteiger charge is 2.40. The Balaban J connectivity index is 1.11. The van der Waals surface area contributed by atoms with Crippen molar-refractivity contribution in [2.45, 2.75) is 16.6 Å². The number of hydrogen-bond donors (Lipinski definition) is 2. The standard InChI is InChI=1S/C38H27ClFN5O4S/c39-31-12-7-13-32(40)30(31)22-33(42-36(47)24-8-3-1-4-9-24)37(48)41-25-16-20-29(21-17-25)50-34-23-35(46)45(38(34)49)28-18-14-27(15-19-28)44-43-26-10-5-2-6-11-26/h1-22,34H,23H2,(H,41,48)(H,42,47)/b33-22-,44-43?. The number of imide groups is 1. The number of azo groups is 1. The summed E-state index contributed by atoms with van der Waals surface area (Å²) in [5.41, 5.74) is 2.11. The maximum absolute atomic E-state index is 14.6. The van der Waals surface area contributed by atoms with Gasteiger partial charge in [0.1, 0.15) is 11.5 Å². The van der Waals surface area contributed by atoms with Gasteiger partial charge in [-0.15, -0.1) is 11.8 Å². The topological polar surface area (TPSA) is 120 Å². The number of nitrogens with one attached hydrogen (secondary N) is 2. The highest BCUT2D eigenvalue weighted by Crippen LogP contribution is 2.35. The van der Waals surface area contributed by atoms with E-state index in [1.807, 2.05) is 30.3 Å². The molecule has 0 aromatic heterocycles. The van der Waals surface area contributed by atoms with E-state index in [-0.39, 0.29) is 34.5 Å². The number of carbonyl (C=O) groups excluding carboxylic acids is 4. The Morgan fingerprint density at radius 2 is 1.44 bits per heavy atom. The fourth-order valence-electron chi connectivity index (χ4n) is 4.96. The summed E-state index contributed by atoms with van der Waals surface area (Å²) in [6.45, 7) is 0. The molecule has 1 unspecified atom stereocenters. The van der Waals surface area contributed by atoms with E-state index in [4.69, 9.17) is 11.6 Å². The van der Waals surface area contributed by atoms with Crippen LogP contribution in [0.3, 0.4) is 0 Å². The van der Waals surface area contributed by atoms with Crippen LogP contribution in [0.5, 0.6) is 0 Å². The molecule has 1 aliphatic heterocycles. The zero-order valence-electron chi connectivity index (χ0n) is 26.1. The van der Waals surface area contributed by atoms with Crippen LogP contribution in [0.15, 0.2) is 148 Å². The lowest BCUT2D eigenvalue weighted by Gasteiger charge is -2.15. The van der Waals surface area contributed by atoms with Gasteiger partial charge < -0.3 is 10.6 Å². The van der Waals surface area contributed by atoms with E-state index in [9.17, 15) is 23.6 Å². The monoisotopic (exact) mass is 703 g/mol. The molecule has 1 aliphatic rings. The number of halogens is 2. The molecule has 50 heavy (non-hydrogen) atoms. The lowest BCUT2D eigenvalue weighted by Crippen LogP contribution is -2.31. The van der Waals surface area contributed by atoms with Crippen molar-refractivity contribution in [2.24, 2.45) is 10.2 Å². The fourth-order valence-corrected chi connectivity index (χ4v) is 6.23. The van der Waals surface area contributed by atoms with Crippen molar-refractivity contribution in [3.05, 3.63) is 155 Å². The van der Waals surface area contributed by atoms with Gasteiger partial charge in [-0.25, -0.2) is 9.29 Å². The normalized spacial score (nSPS) is 14.6. The summed E-state index contributed by atoms with van der Waals surface area (Å²) >= 11 is 7.43. The summed E-state index contributed by atoms with van der Waals surface area (Å²) in [4.78, 5) is 54.4. The number of amides is 4. The molecule has 5 aromatic rings.